The van der Waals surface area contributed by atoms with Crippen LogP contribution >= 0.6 is 0 Å². The van der Waals surface area contributed by atoms with Crippen molar-refractivity contribution in [3.05, 3.63) is 30.1 Å². The number of pyridine rings is 1. The lowest BCUT2D eigenvalue weighted by Gasteiger charge is -2.29. The maximum absolute atomic E-state index is 11.9. The zero-order valence-corrected chi connectivity index (χ0v) is 13.5. The number of hydrogen-bond acceptors (Lipinski definition) is 5. The molecule has 0 saturated carbocycles. The number of morpholine rings is 1. The Kier molecular flexibility index (Phi) is 6.96. The molecule has 0 spiro atoms. The van der Waals surface area contributed by atoms with Gasteiger partial charge in [-0.1, -0.05) is 0 Å². The first-order chi connectivity index (χ1) is 11.2. The van der Waals surface area contributed by atoms with E-state index in [-0.39, 0.29) is 11.8 Å². The highest BCUT2D eigenvalue weighted by molar-refractivity contribution is 5.93. The van der Waals surface area contributed by atoms with Gasteiger partial charge in [-0.05, 0) is 12.1 Å². The molecule has 1 N–H and O–H groups in total. The number of aromatic nitrogens is 1. The Morgan fingerprint density at radius 2 is 2.13 bits per heavy atom. The molecule has 0 radical (unpaired) electrons. The molecule has 2 heterocycles. The van der Waals surface area contributed by atoms with Crippen LogP contribution in [0.2, 0.25) is 0 Å². The molecule has 0 unspecified atom stereocenters. The Labute approximate surface area is 136 Å². The Morgan fingerprint density at radius 1 is 1.35 bits per heavy atom. The van der Waals surface area contributed by atoms with Gasteiger partial charge in [0.05, 0.1) is 18.8 Å². The molecular formula is C16H24N4O3. The van der Waals surface area contributed by atoms with Crippen LogP contribution < -0.4 is 5.32 Å². The molecule has 7 heteroatoms. The molecule has 0 atom stereocenters. The second-order valence-corrected chi connectivity index (χ2v) is 5.46. The normalized spacial score (nSPS) is 15.2. The fourth-order valence-electron chi connectivity index (χ4n) is 2.42. The number of amides is 2. The smallest absolute Gasteiger partial charge is 0.252 e. The van der Waals surface area contributed by atoms with Crippen LogP contribution in [0.15, 0.2) is 24.5 Å². The summed E-state index contributed by atoms with van der Waals surface area (Å²) in [5.74, 6) is -0.149. The lowest BCUT2D eigenvalue weighted by Crippen LogP contribution is -2.44. The third kappa shape index (κ3) is 5.96. The second-order valence-electron chi connectivity index (χ2n) is 5.46. The SMILES string of the molecule is CC(=O)N(CCNC(=O)c1cccnc1)CCN1CCOCC1. The van der Waals surface area contributed by atoms with E-state index in [1.54, 1.807) is 30.2 Å². The summed E-state index contributed by atoms with van der Waals surface area (Å²) in [5, 5.41) is 2.82. The molecule has 1 saturated heterocycles. The fourth-order valence-corrected chi connectivity index (χ4v) is 2.42. The number of hydrogen-bond donors (Lipinski definition) is 1. The van der Waals surface area contributed by atoms with Gasteiger partial charge in [0, 0.05) is 58.6 Å². The quantitative estimate of drug-likeness (QED) is 0.765. The number of nitrogens with zero attached hydrogens (tertiary/aromatic N) is 3. The van der Waals surface area contributed by atoms with Crippen molar-refractivity contribution >= 4 is 11.8 Å². The van der Waals surface area contributed by atoms with Crippen LogP contribution in [0, 0.1) is 0 Å². The van der Waals surface area contributed by atoms with E-state index in [9.17, 15) is 9.59 Å². The van der Waals surface area contributed by atoms with E-state index in [0.29, 0.717) is 25.2 Å². The molecule has 0 aliphatic carbocycles. The highest BCUT2D eigenvalue weighted by Gasteiger charge is 2.14. The largest absolute Gasteiger partial charge is 0.379 e. The zero-order valence-electron chi connectivity index (χ0n) is 13.5. The van der Waals surface area contributed by atoms with Gasteiger partial charge in [-0.2, -0.15) is 0 Å². The standard InChI is InChI=1S/C16H24N4O3/c1-14(21)20(8-7-19-9-11-23-12-10-19)6-5-18-16(22)15-3-2-4-17-13-15/h2-4,13H,5-12H2,1H3,(H,18,22). The Balaban J connectivity index is 1.71. The Bertz CT molecular complexity index is 503. The summed E-state index contributed by atoms with van der Waals surface area (Å²) < 4.78 is 5.31. The predicted molar refractivity (Wildman–Crippen MR) is 86.1 cm³/mol. The summed E-state index contributed by atoms with van der Waals surface area (Å²) in [6, 6.07) is 3.43. The monoisotopic (exact) mass is 320 g/mol. The van der Waals surface area contributed by atoms with E-state index in [1.165, 1.54) is 6.20 Å². The molecule has 23 heavy (non-hydrogen) atoms. The van der Waals surface area contributed by atoms with E-state index >= 15 is 0 Å². The first kappa shape index (κ1) is 17.4. The highest BCUT2D eigenvalue weighted by Crippen LogP contribution is 1.99. The van der Waals surface area contributed by atoms with E-state index in [0.717, 1.165) is 32.8 Å². The number of rotatable bonds is 7. The zero-order chi connectivity index (χ0) is 16.5. The molecule has 1 aromatic rings. The fraction of sp³-hybridized carbons (Fsp3) is 0.562. The lowest BCUT2D eigenvalue weighted by atomic mass is 10.3. The molecule has 2 rings (SSSR count). The van der Waals surface area contributed by atoms with Gasteiger partial charge in [-0.25, -0.2) is 0 Å². The molecule has 2 amide bonds. The molecular weight excluding hydrogens is 296 g/mol. The summed E-state index contributed by atoms with van der Waals surface area (Å²) in [5.41, 5.74) is 0.523. The minimum absolute atomic E-state index is 0.0221. The first-order valence-corrected chi connectivity index (χ1v) is 7.90. The van der Waals surface area contributed by atoms with Crippen LogP contribution in [-0.2, 0) is 9.53 Å². The van der Waals surface area contributed by atoms with Crippen molar-refractivity contribution in [2.75, 3.05) is 52.5 Å². The van der Waals surface area contributed by atoms with Gasteiger partial charge in [0.15, 0.2) is 0 Å². The molecule has 0 bridgehead atoms. The number of carbonyl (C=O) groups excluding carboxylic acids is 2. The van der Waals surface area contributed by atoms with Crippen molar-refractivity contribution < 1.29 is 14.3 Å². The van der Waals surface area contributed by atoms with Gasteiger partial charge in [0.25, 0.3) is 5.91 Å². The van der Waals surface area contributed by atoms with Crippen molar-refractivity contribution in [1.82, 2.24) is 20.1 Å². The van der Waals surface area contributed by atoms with E-state index in [4.69, 9.17) is 4.74 Å². The van der Waals surface area contributed by atoms with Crippen LogP contribution in [0.1, 0.15) is 17.3 Å². The maximum atomic E-state index is 11.9. The molecule has 1 fully saturated rings. The van der Waals surface area contributed by atoms with Crippen molar-refractivity contribution in [1.29, 1.82) is 0 Å². The number of ether oxygens (including phenoxy) is 1. The van der Waals surface area contributed by atoms with Gasteiger partial charge >= 0.3 is 0 Å². The van der Waals surface area contributed by atoms with Gasteiger partial charge in [0.1, 0.15) is 0 Å². The summed E-state index contributed by atoms with van der Waals surface area (Å²) in [7, 11) is 0. The third-order valence-electron chi connectivity index (χ3n) is 3.83. The average Bonchev–Trinajstić information content (AvgIpc) is 2.59. The van der Waals surface area contributed by atoms with Gasteiger partial charge in [-0.3, -0.25) is 19.5 Å². The third-order valence-corrected chi connectivity index (χ3v) is 3.83. The summed E-state index contributed by atoms with van der Waals surface area (Å²) >= 11 is 0. The molecule has 7 nitrogen and oxygen atoms in total. The molecule has 1 aliphatic heterocycles. The van der Waals surface area contributed by atoms with E-state index in [2.05, 4.69) is 15.2 Å². The lowest BCUT2D eigenvalue weighted by molar-refractivity contribution is -0.129. The number of nitrogens with one attached hydrogen (secondary N) is 1. The Morgan fingerprint density at radius 3 is 2.78 bits per heavy atom. The van der Waals surface area contributed by atoms with Gasteiger partial charge in [0.2, 0.25) is 5.91 Å². The van der Waals surface area contributed by atoms with Crippen LogP contribution in [0.25, 0.3) is 0 Å². The van der Waals surface area contributed by atoms with Crippen molar-refractivity contribution in [2.24, 2.45) is 0 Å². The minimum Gasteiger partial charge on any atom is -0.379 e. The maximum Gasteiger partial charge on any atom is 0.252 e. The average molecular weight is 320 g/mol. The Hall–Kier alpha value is -1.99. The molecule has 0 aromatic carbocycles. The first-order valence-electron chi connectivity index (χ1n) is 7.90. The van der Waals surface area contributed by atoms with Gasteiger partial charge < -0.3 is 15.0 Å². The van der Waals surface area contributed by atoms with E-state index < -0.39 is 0 Å². The summed E-state index contributed by atoms with van der Waals surface area (Å²) in [4.78, 5) is 31.6. The molecule has 1 aromatic heterocycles. The highest BCUT2D eigenvalue weighted by atomic mass is 16.5. The summed E-state index contributed by atoms with van der Waals surface area (Å²) in [6.07, 6.45) is 3.15. The van der Waals surface area contributed by atoms with Gasteiger partial charge in [-0.15, -0.1) is 0 Å². The van der Waals surface area contributed by atoms with Crippen molar-refractivity contribution in [2.45, 2.75) is 6.92 Å². The predicted octanol–water partition coefficient (Wildman–Crippen LogP) is -0.00790. The van der Waals surface area contributed by atoms with Crippen LogP contribution in [0.3, 0.4) is 0 Å². The number of carbonyl (C=O) groups is 2. The van der Waals surface area contributed by atoms with Crippen LogP contribution in [-0.4, -0.2) is 79.1 Å². The molecule has 1 aliphatic rings. The summed E-state index contributed by atoms with van der Waals surface area (Å²) in [6.45, 7) is 7.30. The van der Waals surface area contributed by atoms with E-state index in [1.807, 2.05) is 0 Å². The van der Waals surface area contributed by atoms with Crippen molar-refractivity contribution in [3.8, 4) is 0 Å². The molecule has 126 valence electrons. The second kappa shape index (κ2) is 9.22. The van der Waals surface area contributed by atoms with Crippen LogP contribution in [0.4, 0.5) is 0 Å². The topological polar surface area (TPSA) is 74.8 Å². The van der Waals surface area contributed by atoms with Crippen LogP contribution in [0.5, 0.6) is 0 Å². The minimum atomic E-state index is -0.171. The van der Waals surface area contributed by atoms with Crippen molar-refractivity contribution in [3.63, 3.8) is 0 Å².